The molecule has 36 heavy (non-hydrogen) atoms. The lowest BCUT2D eigenvalue weighted by atomic mass is 10.1. The van der Waals surface area contributed by atoms with Crippen molar-refractivity contribution in [2.45, 2.75) is 23.9 Å². The van der Waals surface area contributed by atoms with E-state index in [-0.39, 0.29) is 11.9 Å². The molecule has 1 unspecified atom stereocenters. The molecule has 0 spiro atoms. The summed E-state index contributed by atoms with van der Waals surface area (Å²) in [6.07, 6.45) is 1.60. The van der Waals surface area contributed by atoms with Crippen LogP contribution in [0.4, 0.5) is 0 Å². The Labute approximate surface area is 216 Å². The first-order valence-electron chi connectivity index (χ1n) is 11.2. The molecule has 182 valence electrons. The zero-order valence-electron chi connectivity index (χ0n) is 19.6. The van der Waals surface area contributed by atoms with Gasteiger partial charge in [0.2, 0.25) is 5.82 Å². The highest BCUT2D eigenvalue weighted by molar-refractivity contribution is 7.98. The molecule has 0 bridgehead atoms. The predicted molar refractivity (Wildman–Crippen MR) is 140 cm³/mol. The fraction of sp³-hybridized carbons (Fsp3) is 0.154. The lowest BCUT2D eigenvalue weighted by molar-refractivity contribution is 0.0935. The van der Waals surface area contributed by atoms with Crippen LogP contribution >= 0.6 is 23.1 Å². The Kier molecular flexibility index (Phi) is 7.15. The van der Waals surface area contributed by atoms with Crippen molar-refractivity contribution >= 4 is 29.0 Å². The van der Waals surface area contributed by atoms with Gasteiger partial charge < -0.3 is 14.5 Å². The Balaban J connectivity index is 1.34. The number of methoxy groups -OCH3 is 1. The number of rotatable bonds is 9. The van der Waals surface area contributed by atoms with E-state index in [1.54, 1.807) is 18.8 Å². The number of para-hydroxylation sites is 2. The molecule has 0 aliphatic heterocycles. The summed E-state index contributed by atoms with van der Waals surface area (Å²) >= 11 is 2.92. The molecule has 3 aromatic heterocycles. The molecule has 0 fully saturated rings. The van der Waals surface area contributed by atoms with Crippen molar-refractivity contribution in [3.8, 4) is 23.0 Å². The van der Waals surface area contributed by atoms with E-state index in [0.29, 0.717) is 33.9 Å². The number of thiazole rings is 1. The van der Waals surface area contributed by atoms with Gasteiger partial charge in [-0.25, -0.2) is 4.98 Å². The second-order valence-electron chi connectivity index (χ2n) is 7.81. The molecule has 5 aromatic rings. The number of nitrogens with zero attached hydrogens (tertiary/aromatic N) is 4. The van der Waals surface area contributed by atoms with Crippen LogP contribution in [0.5, 0.6) is 5.75 Å². The maximum absolute atomic E-state index is 12.7. The zero-order chi connectivity index (χ0) is 24.9. The Morgan fingerprint density at radius 1 is 1.11 bits per heavy atom. The lowest BCUT2D eigenvalue weighted by Crippen LogP contribution is -2.26. The summed E-state index contributed by atoms with van der Waals surface area (Å²) in [6.45, 7) is 1.96. The minimum absolute atomic E-state index is 0.113. The summed E-state index contributed by atoms with van der Waals surface area (Å²) in [6, 6.07) is 21.0. The van der Waals surface area contributed by atoms with Crippen molar-refractivity contribution < 1.29 is 13.9 Å². The molecule has 1 amide bonds. The molecule has 0 saturated heterocycles. The quantitative estimate of drug-likeness (QED) is 0.248. The van der Waals surface area contributed by atoms with Gasteiger partial charge in [0.25, 0.3) is 5.91 Å². The average Bonchev–Trinajstić information content (AvgIpc) is 3.68. The maximum Gasteiger partial charge on any atom is 0.271 e. The number of hydrogen-bond donors (Lipinski definition) is 1. The number of benzene rings is 2. The molecule has 1 atom stereocenters. The fourth-order valence-electron chi connectivity index (χ4n) is 3.66. The summed E-state index contributed by atoms with van der Waals surface area (Å²) in [4.78, 5) is 17.3. The number of carbonyl (C=O) groups excluding carboxylic acids is 1. The van der Waals surface area contributed by atoms with Crippen LogP contribution in [0, 0.1) is 0 Å². The highest BCUT2D eigenvalue weighted by Gasteiger charge is 2.21. The van der Waals surface area contributed by atoms with Crippen LogP contribution in [0.15, 0.2) is 87.9 Å². The molecule has 8 nitrogen and oxygen atoms in total. The third kappa shape index (κ3) is 5.05. The number of hydrogen-bond acceptors (Lipinski definition) is 8. The Hall–Kier alpha value is -3.89. The van der Waals surface area contributed by atoms with Gasteiger partial charge in [-0.05, 0) is 36.8 Å². The minimum atomic E-state index is -0.198. The van der Waals surface area contributed by atoms with Crippen LogP contribution in [-0.2, 0) is 5.75 Å². The Morgan fingerprint density at radius 3 is 2.69 bits per heavy atom. The number of ether oxygens (including phenoxy) is 1. The highest BCUT2D eigenvalue weighted by atomic mass is 32.2. The van der Waals surface area contributed by atoms with Crippen LogP contribution in [0.25, 0.3) is 17.3 Å². The first-order valence-corrected chi connectivity index (χ1v) is 13.1. The van der Waals surface area contributed by atoms with Crippen LogP contribution in [0.2, 0.25) is 0 Å². The molecule has 10 heteroatoms. The lowest BCUT2D eigenvalue weighted by Gasteiger charge is -2.13. The number of amides is 1. The largest absolute Gasteiger partial charge is 0.495 e. The second-order valence-corrected chi connectivity index (χ2v) is 9.70. The standard InChI is InChI=1S/C26H23N5O3S2/c1-17(18-9-4-3-5-10-18)27-25(32)19-15-35-23(28-19)16-36-26-30-29-24(22-13-8-14-34-22)31(26)20-11-6-7-12-21(20)33-2/h3-15,17H,16H2,1-2H3,(H,27,32). The summed E-state index contributed by atoms with van der Waals surface area (Å²) in [5, 5.41) is 15.0. The number of thioether (sulfide) groups is 1. The number of nitrogens with one attached hydrogen (secondary N) is 1. The van der Waals surface area contributed by atoms with Crippen LogP contribution in [-0.4, -0.2) is 32.8 Å². The van der Waals surface area contributed by atoms with Gasteiger partial charge in [-0.2, -0.15) is 0 Å². The maximum atomic E-state index is 12.7. The SMILES string of the molecule is COc1ccccc1-n1c(SCc2nc(C(=O)NC(C)c3ccccc3)cs2)nnc1-c1ccco1. The summed E-state index contributed by atoms with van der Waals surface area (Å²) < 4.78 is 13.1. The van der Waals surface area contributed by atoms with E-state index in [9.17, 15) is 4.79 Å². The smallest absolute Gasteiger partial charge is 0.271 e. The van der Waals surface area contributed by atoms with Crippen molar-refractivity contribution in [3.05, 3.63) is 94.6 Å². The molecule has 0 saturated carbocycles. The molecular formula is C26H23N5O3S2. The van der Waals surface area contributed by atoms with E-state index in [0.717, 1.165) is 16.3 Å². The number of carbonyl (C=O) groups is 1. The van der Waals surface area contributed by atoms with Gasteiger partial charge in [0.15, 0.2) is 10.9 Å². The zero-order valence-corrected chi connectivity index (χ0v) is 21.3. The predicted octanol–water partition coefficient (Wildman–Crippen LogP) is 5.78. The minimum Gasteiger partial charge on any atom is -0.495 e. The van der Waals surface area contributed by atoms with Crippen molar-refractivity contribution in [1.29, 1.82) is 0 Å². The topological polar surface area (TPSA) is 95.1 Å². The summed E-state index contributed by atoms with van der Waals surface area (Å²) in [7, 11) is 1.63. The third-order valence-electron chi connectivity index (χ3n) is 5.46. The van der Waals surface area contributed by atoms with Crippen LogP contribution < -0.4 is 10.1 Å². The molecule has 5 rings (SSSR count). The Bertz CT molecular complexity index is 1450. The van der Waals surface area contributed by atoms with Gasteiger partial charge in [0.05, 0.1) is 30.9 Å². The molecule has 0 radical (unpaired) electrons. The van der Waals surface area contributed by atoms with E-state index in [2.05, 4.69) is 20.5 Å². The highest BCUT2D eigenvalue weighted by Crippen LogP contribution is 2.34. The third-order valence-corrected chi connectivity index (χ3v) is 7.43. The first-order chi connectivity index (χ1) is 17.6. The monoisotopic (exact) mass is 517 g/mol. The van der Waals surface area contributed by atoms with Gasteiger partial charge in [0.1, 0.15) is 16.5 Å². The number of furan rings is 1. The molecule has 3 heterocycles. The molecule has 0 aliphatic rings. The summed E-state index contributed by atoms with van der Waals surface area (Å²) in [5.41, 5.74) is 2.24. The molecule has 1 N–H and O–H groups in total. The van der Waals surface area contributed by atoms with Gasteiger partial charge >= 0.3 is 0 Å². The average molecular weight is 518 g/mol. The van der Waals surface area contributed by atoms with E-state index in [4.69, 9.17) is 9.15 Å². The van der Waals surface area contributed by atoms with E-state index >= 15 is 0 Å². The van der Waals surface area contributed by atoms with Gasteiger partial charge in [-0.1, -0.05) is 54.2 Å². The van der Waals surface area contributed by atoms with E-state index < -0.39 is 0 Å². The fourth-order valence-corrected chi connectivity index (χ4v) is 5.40. The van der Waals surface area contributed by atoms with Crippen LogP contribution in [0.1, 0.15) is 34.0 Å². The first kappa shape index (κ1) is 23.8. The van der Waals surface area contributed by atoms with Crippen molar-refractivity contribution in [3.63, 3.8) is 0 Å². The number of aromatic nitrogens is 4. The normalized spacial score (nSPS) is 11.8. The van der Waals surface area contributed by atoms with Gasteiger partial charge in [-0.15, -0.1) is 21.5 Å². The van der Waals surface area contributed by atoms with E-state index in [1.807, 2.05) is 78.2 Å². The molecular weight excluding hydrogens is 494 g/mol. The van der Waals surface area contributed by atoms with Crippen molar-refractivity contribution in [2.24, 2.45) is 0 Å². The van der Waals surface area contributed by atoms with E-state index in [1.165, 1.54) is 23.1 Å². The summed E-state index contributed by atoms with van der Waals surface area (Å²) in [5.74, 6) is 2.18. The molecule has 2 aromatic carbocycles. The second kappa shape index (κ2) is 10.8. The van der Waals surface area contributed by atoms with Gasteiger partial charge in [-0.3, -0.25) is 9.36 Å². The Morgan fingerprint density at radius 2 is 1.92 bits per heavy atom. The van der Waals surface area contributed by atoms with Crippen LogP contribution in [0.3, 0.4) is 0 Å². The van der Waals surface area contributed by atoms with Crippen molar-refractivity contribution in [1.82, 2.24) is 25.1 Å². The molecule has 0 aliphatic carbocycles. The van der Waals surface area contributed by atoms with Gasteiger partial charge in [0, 0.05) is 5.38 Å². The van der Waals surface area contributed by atoms with Crippen molar-refractivity contribution in [2.75, 3.05) is 7.11 Å².